The van der Waals surface area contributed by atoms with Crippen molar-refractivity contribution in [3.63, 3.8) is 0 Å². The van der Waals surface area contributed by atoms with Crippen LogP contribution >= 0.6 is 0 Å². The van der Waals surface area contributed by atoms with Crippen molar-refractivity contribution in [1.82, 2.24) is 0 Å². The van der Waals surface area contributed by atoms with Crippen LogP contribution in [0.3, 0.4) is 0 Å². The Morgan fingerprint density at radius 1 is 0.905 bits per heavy atom. The number of fused-ring (bicyclic) bond motifs is 1. The van der Waals surface area contributed by atoms with E-state index in [0.29, 0.717) is 6.04 Å². The second kappa shape index (κ2) is 5.25. The van der Waals surface area contributed by atoms with Crippen molar-refractivity contribution in [3.8, 4) is 0 Å². The van der Waals surface area contributed by atoms with Gasteiger partial charge in [-0.3, -0.25) is 0 Å². The molecule has 2 aromatic rings. The Kier molecular flexibility index (Phi) is 3.11. The number of rotatable bonds is 2. The monoisotopic (exact) mass is 273 g/mol. The molecule has 2 aliphatic carbocycles. The Morgan fingerprint density at radius 2 is 1.81 bits per heavy atom. The van der Waals surface area contributed by atoms with Crippen molar-refractivity contribution < 1.29 is 0 Å². The van der Waals surface area contributed by atoms with Crippen LogP contribution in [0.2, 0.25) is 0 Å². The number of benzene rings is 2. The Bertz CT molecular complexity index is 764. The SMILES string of the molecule is C1=CC2=C(C=CC(Nc3ccc4ccccc4c3)C2)CC1. The third-order valence-corrected chi connectivity index (χ3v) is 4.38. The predicted octanol–water partition coefficient (Wildman–Crippen LogP) is 5.23. The Labute approximate surface area is 125 Å². The summed E-state index contributed by atoms with van der Waals surface area (Å²) in [5.41, 5.74) is 4.23. The topological polar surface area (TPSA) is 12.0 Å². The molecule has 1 N–H and O–H groups in total. The van der Waals surface area contributed by atoms with Crippen LogP contribution in [0.4, 0.5) is 5.69 Å². The zero-order chi connectivity index (χ0) is 14.1. The lowest BCUT2D eigenvalue weighted by Gasteiger charge is -2.24. The molecule has 0 spiro atoms. The summed E-state index contributed by atoms with van der Waals surface area (Å²) >= 11 is 0. The van der Waals surface area contributed by atoms with Crippen LogP contribution < -0.4 is 5.32 Å². The van der Waals surface area contributed by atoms with Crippen molar-refractivity contribution in [2.24, 2.45) is 0 Å². The van der Waals surface area contributed by atoms with Gasteiger partial charge in [0.2, 0.25) is 0 Å². The molecule has 1 atom stereocenters. The zero-order valence-corrected chi connectivity index (χ0v) is 12.0. The summed E-state index contributed by atoms with van der Waals surface area (Å²) in [6.45, 7) is 0. The van der Waals surface area contributed by atoms with Gasteiger partial charge >= 0.3 is 0 Å². The van der Waals surface area contributed by atoms with Gasteiger partial charge in [-0.05, 0) is 53.3 Å². The fraction of sp³-hybridized carbons (Fsp3) is 0.200. The molecule has 1 nitrogen and oxygen atoms in total. The average Bonchev–Trinajstić information content (AvgIpc) is 2.55. The van der Waals surface area contributed by atoms with Gasteiger partial charge < -0.3 is 5.32 Å². The van der Waals surface area contributed by atoms with Crippen molar-refractivity contribution >= 4 is 16.5 Å². The lowest BCUT2D eigenvalue weighted by atomic mass is 9.88. The van der Waals surface area contributed by atoms with Gasteiger partial charge in [-0.15, -0.1) is 0 Å². The summed E-state index contributed by atoms with van der Waals surface area (Å²) < 4.78 is 0. The highest BCUT2D eigenvalue weighted by atomic mass is 14.9. The minimum atomic E-state index is 0.396. The fourth-order valence-electron chi connectivity index (χ4n) is 3.25. The minimum Gasteiger partial charge on any atom is -0.378 e. The van der Waals surface area contributed by atoms with E-state index in [0.717, 1.165) is 6.42 Å². The van der Waals surface area contributed by atoms with Gasteiger partial charge in [0.05, 0.1) is 0 Å². The van der Waals surface area contributed by atoms with Gasteiger partial charge in [-0.2, -0.15) is 0 Å². The largest absolute Gasteiger partial charge is 0.378 e. The van der Waals surface area contributed by atoms with E-state index >= 15 is 0 Å². The average molecular weight is 273 g/mol. The second-order valence-corrected chi connectivity index (χ2v) is 5.87. The van der Waals surface area contributed by atoms with Crippen LogP contribution in [-0.4, -0.2) is 6.04 Å². The molecule has 0 heterocycles. The molecule has 1 unspecified atom stereocenters. The van der Waals surface area contributed by atoms with E-state index in [9.17, 15) is 0 Å². The second-order valence-electron chi connectivity index (χ2n) is 5.87. The molecule has 21 heavy (non-hydrogen) atoms. The van der Waals surface area contributed by atoms with Crippen LogP contribution in [0, 0.1) is 0 Å². The highest BCUT2D eigenvalue weighted by Crippen LogP contribution is 2.29. The van der Waals surface area contributed by atoms with E-state index in [1.807, 2.05) is 0 Å². The fourth-order valence-corrected chi connectivity index (χ4v) is 3.25. The quantitative estimate of drug-likeness (QED) is 0.790. The number of nitrogens with one attached hydrogen (secondary N) is 1. The van der Waals surface area contributed by atoms with Gasteiger partial charge in [0, 0.05) is 11.7 Å². The summed E-state index contributed by atoms with van der Waals surface area (Å²) in [5, 5.41) is 6.24. The van der Waals surface area contributed by atoms with E-state index in [2.05, 4.69) is 72.1 Å². The molecule has 2 aliphatic rings. The highest BCUT2D eigenvalue weighted by molar-refractivity contribution is 5.85. The molecule has 0 saturated heterocycles. The molecule has 0 fully saturated rings. The van der Waals surface area contributed by atoms with E-state index in [1.165, 1.54) is 40.4 Å². The third-order valence-electron chi connectivity index (χ3n) is 4.38. The van der Waals surface area contributed by atoms with E-state index in [4.69, 9.17) is 0 Å². The first-order chi connectivity index (χ1) is 10.4. The Hall–Kier alpha value is -2.28. The molecule has 2 aromatic carbocycles. The molecule has 0 bridgehead atoms. The Morgan fingerprint density at radius 3 is 2.76 bits per heavy atom. The van der Waals surface area contributed by atoms with Crippen molar-refractivity contribution in [2.45, 2.75) is 25.3 Å². The third kappa shape index (κ3) is 2.52. The van der Waals surface area contributed by atoms with E-state index < -0.39 is 0 Å². The summed E-state index contributed by atoms with van der Waals surface area (Å²) in [6, 6.07) is 15.5. The Balaban J connectivity index is 1.54. The van der Waals surface area contributed by atoms with Gasteiger partial charge in [0.15, 0.2) is 0 Å². The molecule has 0 aliphatic heterocycles. The standard InChI is InChI=1S/C20H19N/c1-3-7-17-13-19(11-9-15(17)5-1)21-20-12-10-16-6-2-4-8-18(16)14-20/h1,3-5,7-13,20-21H,2,6,14H2. The number of anilines is 1. The summed E-state index contributed by atoms with van der Waals surface area (Å²) in [6.07, 6.45) is 12.7. The first-order valence-corrected chi connectivity index (χ1v) is 7.71. The molecule has 0 saturated carbocycles. The molecule has 0 amide bonds. The van der Waals surface area contributed by atoms with E-state index in [1.54, 1.807) is 0 Å². The van der Waals surface area contributed by atoms with Crippen LogP contribution in [-0.2, 0) is 0 Å². The number of hydrogen-bond donors (Lipinski definition) is 1. The molecule has 0 aromatic heterocycles. The first kappa shape index (κ1) is 12.5. The van der Waals surface area contributed by atoms with Gasteiger partial charge in [0.25, 0.3) is 0 Å². The summed E-state index contributed by atoms with van der Waals surface area (Å²) in [7, 11) is 0. The lowest BCUT2D eigenvalue weighted by Crippen LogP contribution is -2.20. The summed E-state index contributed by atoms with van der Waals surface area (Å²) in [4.78, 5) is 0. The van der Waals surface area contributed by atoms with E-state index in [-0.39, 0.29) is 0 Å². The molecular weight excluding hydrogens is 254 g/mol. The normalized spacial score (nSPS) is 20.7. The van der Waals surface area contributed by atoms with Crippen molar-refractivity contribution in [3.05, 3.63) is 77.9 Å². The van der Waals surface area contributed by atoms with Gasteiger partial charge in [-0.25, -0.2) is 0 Å². The van der Waals surface area contributed by atoms with Crippen molar-refractivity contribution in [2.75, 3.05) is 5.32 Å². The summed E-state index contributed by atoms with van der Waals surface area (Å²) in [5.74, 6) is 0. The lowest BCUT2D eigenvalue weighted by molar-refractivity contribution is 0.813. The maximum absolute atomic E-state index is 3.65. The molecule has 104 valence electrons. The molecule has 1 heteroatoms. The van der Waals surface area contributed by atoms with Crippen LogP contribution in [0.1, 0.15) is 19.3 Å². The number of allylic oxidation sites excluding steroid dienone is 4. The van der Waals surface area contributed by atoms with Gasteiger partial charge in [-0.1, -0.05) is 54.6 Å². The van der Waals surface area contributed by atoms with Crippen LogP contribution in [0.25, 0.3) is 10.8 Å². The smallest absolute Gasteiger partial charge is 0.0488 e. The zero-order valence-electron chi connectivity index (χ0n) is 12.0. The van der Waals surface area contributed by atoms with Crippen LogP contribution in [0.15, 0.2) is 77.9 Å². The first-order valence-electron chi connectivity index (χ1n) is 7.71. The number of hydrogen-bond acceptors (Lipinski definition) is 1. The van der Waals surface area contributed by atoms with Crippen LogP contribution in [0.5, 0.6) is 0 Å². The van der Waals surface area contributed by atoms with Crippen molar-refractivity contribution in [1.29, 1.82) is 0 Å². The molecular formula is C20H19N. The molecule has 0 radical (unpaired) electrons. The van der Waals surface area contributed by atoms with Gasteiger partial charge in [0.1, 0.15) is 0 Å². The maximum Gasteiger partial charge on any atom is 0.0488 e. The molecule has 4 rings (SSSR count). The highest BCUT2D eigenvalue weighted by Gasteiger charge is 2.16. The predicted molar refractivity (Wildman–Crippen MR) is 90.5 cm³/mol. The maximum atomic E-state index is 3.65. The minimum absolute atomic E-state index is 0.396.